The van der Waals surface area contributed by atoms with Gasteiger partial charge in [-0.2, -0.15) is 0 Å². The lowest BCUT2D eigenvalue weighted by Crippen LogP contribution is -2.28. The molecule has 4 nitrogen and oxygen atoms in total. The van der Waals surface area contributed by atoms with Crippen molar-refractivity contribution in [3.05, 3.63) is 0 Å². The molecule has 1 aliphatic heterocycles. The number of hydrogen-bond donors (Lipinski definition) is 1. The summed E-state index contributed by atoms with van der Waals surface area (Å²) in [5.74, 6) is 1.21. The lowest BCUT2D eigenvalue weighted by molar-refractivity contribution is 0.297. The summed E-state index contributed by atoms with van der Waals surface area (Å²) < 4.78 is 22.6. The Morgan fingerprint density at radius 3 is 2.50 bits per heavy atom. The molecule has 108 valence electrons. The minimum atomic E-state index is -2.70. The fraction of sp³-hybridized carbons (Fsp3) is 1.00. The summed E-state index contributed by atoms with van der Waals surface area (Å²) in [5, 5.41) is 3.42. The van der Waals surface area contributed by atoms with Crippen LogP contribution in [0.4, 0.5) is 0 Å². The molecule has 0 aromatic rings. The largest absolute Gasteiger partial charge is 0.317 e. The number of hydrogen-bond acceptors (Lipinski definition) is 4. The molecule has 5 heteroatoms. The highest BCUT2D eigenvalue weighted by atomic mass is 32.2. The van der Waals surface area contributed by atoms with E-state index in [2.05, 4.69) is 24.1 Å². The zero-order valence-electron chi connectivity index (χ0n) is 11.8. The van der Waals surface area contributed by atoms with Crippen molar-refractivity contribution in [1.82, 2.24) is 10.2 Å². The lowest BCUT2D eigenvalue weighted by atomic mass is 10.1. The van der Waals surface area contributed by atoms with Crippen molar-refractivity contribution in [3.8, 4) is 0 Å². The van der Waals surface area contributed by atoms with Crippen molar-refractivity contribution in [1.29, 1.82) is 0 Å². The van der Waals surface area contributed by atoms with Gasteiger partial charge in [0.05, 0.1) is 11.5 Å². The second-order valence-electron chi connectivity index (χ2n) is 5.19. The van der Waals surface area contributed by atoms with Crippen LogP contribution in [0.1, 0.15) is 33.1 Å². The van der Waals surface area contributed by atoms with Crippen LogP contribution < -0.4 is 5.32 Å². The molecule has 0 spiro atoms. The summed E-state index contributed by atoms with van der Waals surface area (Å²) in [4.78, 5) is 2.42. The van der Waals surface area contributed by atoms with Gasteiger partial charge in [-0.3, -0.25) is 0 Å². The van der Waals surface area contributed by atoms with Crippen LogP contribution in [0.5, 0.6) is 0 Å². The summed E-state index contributed by atoms with van der Waals surface area (Å²) in [6.07, 6.45) is 3.04. The van der Waals surface area contributed by atoms with Crippen LogP contribution in [-0.4, -0.2) is 57.5 Å². The molecule has 0 radical (unpaired) electrons. The zero-order valence-corrected chi connectivity index (χ0v) is 12.6. The van der Waals surface area contributed by atoms with Gasteiger partial charge in [0.2, 0.25) is 0 Å². The Balaban J connectivity index is 1.96. The second kappa shape index (κ2) is 8.12. The van der Waals surface area contributed by atoms with Crippen LogP contribution in [0.25, 0.3) is 0 Å². The standard InChI is InChI=1S/C13H28N2O2S/c1-3-15(4-2)10-5-8-14-9-6-13-7-11-18(16,17)12-13/h13-14H,3-12H2,1-2H3. The molecule has 0 saturated carbocycles. The van der Waals surface area contributed by atoms with Crippen molar-refractivity contribution >= 4 is 9.84 Å². The molecule has 18 heavy (non-hydrogen) atoms. The van der Waals surface area contributed by atoms with E-state index in [4.69, 9.17) is 0 Å². The molecule has 0 bridgehead atoms. The Kier molecular flexibility index (Phi) is 7.19. The predicted octanol–water partition coefficient (Wildman–Crippen LogP) is 1.13. The van der Waals surface area contributed by atoms with Gasteiger partial charge in [0.25, 0.3) is 0 Å². The van der Waals surface area contributed by atoms with E-state index in [0.29, 0.717) is 17.4 Å². The molecule has 0 aromatic carbocycles. The molecule has 1 rings (SSSR count). The molecular weight excluding hydrogens is 248 g/mol. The number of rotatable bonds is 9. The predicted molar refractivity (Wildman–Crippen MR) is 76.7 cm³/mol. The average molecular weight is 276 g/mol. The summed E-state index contributed by atoms with van der Waals surface area (Å²) in [6.45, 7) is 9.77. The van der Waals surface area contributed by atoms with Gasteiger partial charge in [-0.15, -0.1) is 0 Å². The molecule has 0 aliphatic carbocycles. The lowest BCUT2D eigenvalue weighted by Gasteiger charge is -2.17. The Hall–Kier alpha value is -0.130. The Morgan fingerprint density at radius 1 is 1.22 bits per heavy atom. The van der Waals surface area contributed by atoms with Gasteiger partial charge in [0.1, 0.15) is 0 Å². The van der Waals surface area contributed by atoms with Crippen molar-refractivity contribution < 1.29 is 8.42 Å². The fourth-order valence-electron chi connectivity index (χ4n) is 2.50. The molecule has 1 heterocycles. The van der Waals surface area contributed by atoms with Crippen LogP contribution in [0.15, 0.2) is 0 Å². The first-order valence-corrected chi connectivity index (χ1v) is 9.03. The molecule has 0 amide bonds. The molecule has 0 aromatic heterocycles. The van der Waals surface area contributed by atoms with Gasteiger partial charge in [0, 0.05) is 0 Å². The molecule has 1 saturated heterocycles. The Labute approximate surface area is 112 Å². The van der Waals surface area contributed by atoms with Gasteiger partial charge in [-0.25, -0.2) is 8.42 Å². The minimum absolute atomic E-state index is 0.394. The summed E-state index contributed by atoms with van der Waals surface area (Å²) in [6, 6.07) is 0. The van der Waals surface area contributed by atoms with Crippen molar-refractivity contribution in [3.63, 3.8) is 0 Å². The van der Waals surface area contributed by atoms with E-state index in [0.717, 1.165) is 45.6 Å². The molecule has 1 aliphatic rings. The smallest absolute Gasteiger partial charge is 0.150 e. The van der Waals surface area contributed by atoms with Crippen molar-refractivity contribution in [2.45, 2.75) is 33.1 Å². The normalized spacial score (nSPS) is 22.7. The Bertz CT molecular complexity index is 313. The maximum absolute atomic E-state index is 11.3. The first-order valence-electron chi connectivity index (χ1n) is 7.21. The van der Waals surface area contributed by atoms with Crippen LogP contribution in [0.2, 0.25) is 0 Å². The molecule has 1 unspecified atom stereocenters. The molecule has 1 N–H and O–H groups in total. The highest BCUT2D eigenvalue weighted by Crippen LogP contribution is 2.20. The van der Waals surface area contributed by atoms with Crippen LogP contribution in [-0.2, 0) is 9.84 Å². The van der Waals surface area contributed by atoms with E-state index in [-0.39, 0.29) is 0 Å². The van der Waals surface area contributed by atoms with Gasteiger partial charge in [-0.05, 0) is 57.9 Å². The average Bonchev–Trinajstić information content (AvgIpc) is 2.68. The van der Waals surface area contributed by atoms with E-state index < -0.39 is 9.84 Å². The van der Waals surface area contributed by atoms with E-state index in [1.54, 1.807) is 0 Å². The second-order valence-corrected chi connectivity index (χ2v) is 7.42. The van der Waals surface area contributed by atoms with E-state index in [9.17, 15) is 8.42 Å². The van der Waals surface area contributed by atoms with Gasteiger partial charge in [-0.1, -0.05) is 13.8 Å². The third kappa shape index (κ3) is 6.16. The summed E-state index contributed by atoms with van der Waals surface area (Å²) in [5.41, 5.74) is 0. The van der Waals surface area contributed by atoms with E-state index in [1.165, 1.54) is 6.42 Å². The topological polar surface area (TPSA) is 49.4 Å². The first kappa shape index (κ1) is 15.9. The third-order valence-electron chi connectivity index (χ3n) is 3.78. The Morgan fingerprint density at radius 2 is 1.94 bits per heavy atom. The maximum atomic E-state index is 11.3. The van der Waals surface area contributed by atoms with Gasteiger partial charge < -0.3 is 10.2 Å². The minimum Gasteiger partial charge on any atom is -0.317 e. The zero-order chi connectivity index (χ0) is 13.4. The van der Waals surface area contributed by atoms with Crippen LogP contribution in [0, 0.1) is 5.92 Å². The number of sulfone groups is 1. The van der Waals surface area contributed by atoms with Crippen LogP contribution in [0.3, 0.4) is 0 Å². The summed E-state index contributed by atoms with van der Waals surface area (Å²) >= 11 is 0. The van der Waals surface area contributed by atoms with Gasteiger partial charge >= 0.3 is 0 Å². The fourth-order valence-corrected chi connectivity index (χ4v) is 4.41. The maximum Gasteiger partial charge on any atom is 0.150 e. The monoisotopic (exact) mass is 276 g/mol. The molecule has 1 fully saturated rings. The number of nitrogens with one attached hydrogen (secondary N) is 1. The quantitative estimate of drug-likeness (QED) is 0.642. The van der Waals surface area contributed by atoms with Crippen molar-refractivity contribution in [2.75, 3.05) is 44.2 Å². The molecular formula is C13H28N2O2S. The highest BCUT2D eigenvalue weighted by Gasteiger charge is 2.26. The SMILES string of the molecule is CCN(CC)CCCNCCC1CCS(=O)(=O)C1. The van der Waals surface area contributed by atoms with Crippen LogP contribution >= 0.6 is 0 Å². The first-order chi connectivity index (χ1) is 8.57. The van der Waals surface area contributed by atoms with E-state index in [1.807, 2.05) is 0 Å². The van der Waals surface area contributed by atoms with Crippen molar-refractivity contribution in [2.24, 2.45) is 5.92 Å². The number of nitrogens with zero attached hydrogens (tertiary/aromatic N) is 1. The molecule has 1 atom stereocenters. The van der Waals surface area contributed by atoms with Gasteiger partial charge in [0.15, 0.2) is 9.84 Å². The highest BCUT2D eigenvalue weighted by molar-refractivity contribution is 7.91. The summed E-state index contributed by atoms with van der Waals surface area (Å²) in [7, 11) is -2.70. The third-order valence-corrected chi connectivity index (χ3v) is 5.62. The van der Waals surface area contributed by atoms with E-state index >= 15 is 0 Å².